The summed E-state index contributed by atoms with van der Waals surface area (Å²) in [6.45, 7) is 0.439. The first kappa shape index (κ1) is 16.0. The summed E-state index contributed by atoms with van der Waals surface area (Å²) in [5.74, 6) is -0.462. The van der Waals surface area contributed by atoms with Crippen LogP contribution in [0.4, 0.5) is 0 Å². The Morgan fingerprint density at radius 1 is 1.19 bits per heavy atom. The number of aromatic nitrogens is 2. The smallest absolute Gasteiger partial charge is 0.408 e. The predicted molar refractivity (Wildman–Crippen MR) is 102 cm³/mol. The number of hydrogen-bond acceptors (Lipinski definition) is 5. The molecule has 2 aromatic heterocycles. The molecule has 1 atom stereocenters. The van der Waals surface area contributed by atoms with Gasteiger partial charge in [-0.2, -0.15) is 0 Å². The number of amides is 1. The minimum Gasteiger partial charge on any atom is -0.408 e. The third-order valence-corrected chi connectivity index (χ3v) is 5.68. The SMILES string of the molecule is O=C1c2ccccc2C(Cc2nccs2)N1Cc1ccc2[nH]c(=O)oc2c1. The second-order valence-electron chi connectivity index (χ2n) is 6.51. The van der Waals surface area contributed by atoms with Gasteiger partial charge in [0.2, 0.25) is 0 Å². The topological polar surface area (TPSA) is 79.2 Å². The molecule has 0 saturated carbocycles. The van der Waals surface area contributed by atoms with Crippen molar-refractivity contribution in [2.75, 3.05) is 0 Å². The molecular formula is C20H15N3O3S. The first-order chi connectivity index (χ1) is 13.2. The van der Waals surface area contributed by atoms with Gasteiger partial charge in [0.15, 0.2) is 5.58 Å². The van der Waals surface area contributed by atoms with Gasteiger partial charge in [0.05, 0.1) is 16.6 Å². The van der Waals surface area contributed by atoms with Crippen LogP contribution in [-0.2, 0) is 13.0 Å². The lowest BCUT2D eigenvalue weighted by atomic mass is 10.0. The number of carbonyl (C=O) groups is 1. The number of fused-ring (bicyclic) bond motifs is 2. The minimum absolute atomic E-state index is 0.0165. The van der Waals surface area contributed by atoms with E-state index in [-0.39, 0.29) is 11.9 Å². The number of nitrogens with one attached hydrogen (secondary N) is 1. The number of aromatic amines is 1. The molecule has 4 aromatic rings. The van der Waals surface area contributed by atoms with Gasteiger partial charge < -0.3 is 9.32 Å². The van der Waals surface area contributed by atoms with Crippen molar-refractivity contribution in [2.24, 2.45) is 0 Å². The van der Waals surface area contributed by atoms with E-state index in [0.29, 0.717) is 24.1 Å². The number of rotatable bonds is 4. The van der Waals surface area contributed by atoms with E-state index >= 15 is 0 Å². The Morgan fingerprint density at radius 3 is 2.93 bits per heavy atom. The lowest BCUT2D eigenvalue weighted by Crippen LogP contribution is -2.28. The van der Waals surface area contributed by atoms with Gasteiger partial charge in [-0.3, -0.25) is 9.78 Å². The Hall–Kier alpha value is -3.19. The average Bonchev–Trinajstić information content (AvgIpc) is 3.37. The Bertz CT molecular complexity index is 1190. The Labute approximate surface area is 158 Å². The Balaban J connectivity index is 1.52. The normalized spacial score (nSPS) is 16.2. The van der Waals surface area contributed by atoms with Crippen LogP contribution in [0.15, 0.2) is 63.3 Å². The molecule has 0 bridgehead atoms. The van der Waals surface area contributed by atoms with Crippen LogP contribution in [0.25, 0.3) is 11.1 Å². The van der Waals surface area contributed by atoms with Crippen molar-refractivity contribution in [1.29, 1.82) is 0 Å². The van der Waals surface area contributed by atoms with Crippen molar-refractivity contribution >= 4 is 28.3 Å². The quantitative estimate of drug-likeness (QED) is 0.590. The highest BCUT2D eigenvalue weighted by atomic mass is 32.1. The number of thiazole rings is 1. The number of H-pyrrole nitrogens is 1. The molecule has 0 aliphatic carbocycles. The molecule has 0 fully saturated rings. The third-order valence-electron chi connectivity index (χ3n) is 4.88. The highest BCUT2D eigenvalue weighted by molar-refractivity contribution is 7.09. The second kappa shape index (κ2) is 6.21. The van der Waals surface area contributed by atoms with Gasteiger partial charge in [-0.25, -0.2) is 9.78 Å². The van der Waals surface area contributed by atoms with Crippen LogP contribution < -0.4 is 5.76 Å². The van der Waals surface area contributed by atoms with Crippen molar-refractivity contribution in [3.63, 3.8) is 0 Å². The molecule has 27 heavy (non-hydrogen) atoms. The van der Waals surface area contributed by atoms with Crippen LogP contribution in [0, 0.1) is 0 Å². The van der Waals surface area contributed by atoms with Crippen molar-refractivity contribution in [1.82, 2.24) is 14.9 Å². The molecule has 5 rings (SSSR count). The maximum Gasteiger partial charge on any atom is 0.417 e. The fraction of sp³-hybridized carbons (Fsp3) is 0.150. The zero-order valence-electron chi connectivity index (χ0n) is 14.2. The number of nitrogens with zero attached hydrogens (tertiary/aromatic N) is 2. The van der Waals surface area contributed by atoms with E-state index in [1.165, 1.54) is 0 Å². The first-order valence-corrected chi connectivity index (χ1v) is 9.47. The van der Waals surface area contributed by atoms with Gasteiger partial charge in [-0.1, -0.05) is 24.3 Å². The van der Waals surface area contributed by atoms with Gasteiger partial charge in [0, 0.05) is 30.1 Å². The minimum atomic E-state index is -0.478. The maximum atomic E-state index is 13.0. The molecule has 0 radical (unpaired) electrons. The third kappa shape index (κ3) is 2.76. The Kier molecular flexibility index (Phi) is 3.68. The lowest BCUT2D eigenvalue weighted by molar-refractivity contribution is 0.0709. The molecule has 3 heterocycles. The molecule has 0 spiro atoms. The summed E-state index contributed by atoms with van der Waals surface area (Å²) in [4.78, 5) is 33.3. The van der Waals surface area contributed by atoms with Crippen molar-refractivity contribution < 1.29 is 9.21 Å². The van der Waals surface area contributed by atoms with Crippen molar-refractivity contribution in [3.8, 4) is 0 Å². The predicted octanol–water partition coefficient (Wildman–Crippen LogP) is 3.52. The number of hydrogen-bond donors (Lipinski definition) is 1. The fourth-order valence-corrected chi connectivity index (χ4v) is 4.31. The van der Waals surface area contributed by atoms with Gasteiger partial charge in [-0.05, 0) is 29.3 Å². The van der Waals surface area contributed by atoms with Crippen molar-refractivity contribution in [3.05, 3.63) is 86.3 Å². The molecular weight excluding hydrogens is 362 g/mol. The second-order valence-corrected chi connectivity index (χ2v) is 7.49. The zero-order valence-corrected chi connectivity index (χ0v) is 15.0. The van der Waals surface area contributed by atoms with Crippen LogP contribution in [0.2, 0.25) is 0 Å². The monoisotopic (exact) mass is 377 g/mol. The molecule has 0 saturated heterocycles. The number of carbonyl (C=O) groups excluding carboxylic acids is 1. The lowest BCUT2D eigenvalue weighted by Gasteiger charge is -2.25. The van der Waals surface area contributed by atoms with Gasteiger partial charge in [0.25, 0.3) is 5.91 Å². The molecule has 1 amide bonds. The highest BCUT2D eigenvalue weighted by Crippen LogP contribution is 2.37. The maximum absolute atomic E-state index is 13.0. The molecule has 1 unspecified atom stereocenters. The van der Waals surface area contributed by atoms with Crippen LogP contribution in [0.3, 0.4) is 0 Å². The largest absolute Gasteiger partial charge is 0.417 e. The molecule has 6 nitrogen and oxygen atoms in total. The summed E-state index contributed by atoms with van der Waals surface area (Å²) in [6.07, 6.45) is 2.47. The van der Waals surface area contributed by atoms with E-state index < -0.39 is 5.76 Å². The highest BCUT2D eigenvalue weighted by Gasteiger charge is 2.36. The molecule has 1 N–H and O–H groups in total. The van der Waals surface area contributed by atoms with E-state index in [1.807, 2.05) is 46.7 Å². The Morgan fingerprint density at radius 2 is 2.07 bits per heavy atom. The zero-order chi connectivity index (χ0) is 18.4. The molecule has 1 aliphatic rings. The molecule has 2 aromatic carbocycles. The number of benzene rings is 2. The van der Waals surface area contributed by atoms with Crippen molar-refractivity contribution in [2.45, 2.75) is 19.0 Å². The van der Waals surface area contributed by atoms with E-state index in [9.17, 15) is 9.59 Å². The summed E-state index contributed by atoms with van der Waals surface area (Å²) < 4.78 is 5.15. The van der Waals surface area contributed by atoms with Gasteiger partial charge in [-0.15, -0.1) is 11.3 Å². The summed E-state index contributed by atoms with van der Waals surface area (Å²) in [5.41, 5.74) is 3.84. The summed E-state index contributed by atoms with van der Waals surface area (Å²) in [5, 5.41) is 2.95. The summed E-state index contributed by atoms with van der Waals surface area (Å²) in [7, 11) is 0. The van der Waals surface area contributed by atoms with E-state index in [4.69, 9.17) is 4.42 Å². The standard InChI is InChI=1S/C20H15N3O3S/c24-19-14-4-2-1-3-13(14)16(10-18-21-7-8-27-18)23(19)11-12-5-6-15-17(9-12)26-20(25)22-15/h1-9,16H,10-11H2,(H,22,25). The van der Waals surface area contributed by atoms with E-state index in [0.717, 1.165) is 21.7 Å². The van der Waals surface area contributed by atoms with Crippen LogP contribution in [-0.4, -0.2) is 20.8 Å². The first-order valence-electron chi connectivity index (χ1n) is 8.59. The van der Waals surface area contributed by atoms with E-state index in [1.54, 1.807) is 23.6 Å². The van der Waals surface area contributed by atoms with Crippen LogP contribution >= 0.6 is 11.3 Å². The summed E-state index contributed by atoms with van der Waals surface area (Å²) in [6, 6.07) is 13.2. The number of oxazole rings is 1. The van der Waals surface area contributed by atoms with Crippen LogP contribution in [0.5, 0.6) is 0 Å². The summed E-state index contributed by atoms with van der Waals surface area (Å²) >= 11 is 1.60. The average molecular weight is 377 g/mol. The molecule has 134 valence electrons. The molecule has 7 heteroatoms. The van der Waals surface area contributed by atoms with Crippen LogP contribution in [0.1, 0.15) is 32.5 Å². The molecule has 1 aliphatic heterocycles. The van der Waals surface area contributed by atoms with Gasteiger partial charge >= 0.3 is 5.76 Å². The van der Waals surface area contributed by atoms with Gasteiger partial charge in [0.1, 0.15) is 0 Å². The fourth-order valence-electron chi connectivity index (χ4n) is 3.65. The van der Waals surface area contributed by atoms with E-state index in [2.05, 4.69) is 9.97 Å².